The largest absolute Gasteiger partial charge is 0.384 e. The predicted molar refractivity (Wildman–Crippen MR) is 133 cm³/mol. The third-order valence-corrected chi connectivity index (χ3v) is 8.69. The van der Waals surface area contributed by atoms with Crippen molar-refractivity contribution in [1.82, 2.24) is 15.5 Å². The minimum Gasteiger partial charge on any atom is -0.384 e. The van der Waals surface area contributed by atoms with E-state index in [1.54, 1.807) is 12.0 Å². The van der Waals surface area contributed by atoms with Crippen LogP contribution in [0.25, 0.3) is 0 Å². The Hall–Kier alpha value is -2.25. The van der Waals surface area contributed by atoms with Gasteiger partial charge >= 0.3 is 0 Å². The molecule has 4 aliphatic rings. The van der Waals surface area contributed by atoms with Crippen molar-refractivity contribution in [3.05, 3.63) is 34.9 Å². The van der Waals surface area contributed by atoms with Gasteiger partial charge in [-0.25, -0.2) is 0 Å². The van der Waals surface area contributed by atoms with Gasteiger partial charge < -0.3 is 15.0 Å². The molecular formula is C28H39N3O4. The molecule has 0 aromatic heterocycles. The molecule has 2 N–H and O–H groups in total. The zero-order valence-electron chi connectivity index (χ0n) is 20.9. The number of benzene rings is 1. The lowest BCUT2D eigenvalue weighted by atomic mass is 9.79. The van der Waals surface area contributed by atoms with E-state index in [2.05, 4.69) is 22.8 Å². The third kappa shape index (κ3) is 5.46. The topological polar surface area (TPSA) is 87.7 Å². The van der Waals surface area contributed by atoms with Crippen LogP contribution in [-0.4, -0.2) is 54.5 Å². The van der Waals surface area contributed by atoms with Crippen LogP contribution in [-0.2, 0) is 27.3 Å². The number of amides is 3. The van der Waals surface area contributed by atoms with Crippen molar-refractivity contribution in [1.29, 1.82) is 0 Å². The lowest BCUT2D eigenvalue weighted by Crippen LogP contribution is -2.52. The molecule has 7 heteroatoms. The van der Waals surface area contributed by atoms with E-state index in [1.807, 2.05) is 6.07 Å². The molecule has 35 heavy (non-hydrogen) atoms. The zero-order chi connectivity index (χ0) is 24.4. The van der Waals surface area contributed by atoms with E-state index in [9.17, 15) is 14.4 Å². The van der Waals surface area contributed by atoms with Crippen LogP contribution >= 0.6 is 0 Å². The van der Waals surface area contributed by atoms with Gasteiger partial charge in [-0.1, -0.05) is 25.0 Å². The Labute approximate surface area is 208 Å². The predicted octanol–water partition coefficient (Wildman–Crippen LogP) is 3.34. The number of hydrogen-bond donors (Lipinski definition) is 2. The van der Waals surface area contributed by atoms with Crippen LogP contribution in [0, 0.1) is 11.8 Å². The first-order valence-electron chi connectivity index (χ1n) is 13.5. The molecule has 0 bridgehead atoms. The molecule has 0 radical (unpaired) electrons. The van der Waals surface area contributed by atoms with Crippen molar-refractivity contribution in [2.75, 3.05) is 13.7 Å². The maximum absolute atomic E-state index is 13.0. The summed E-state index contributed by atoms with van der Waals surface area (Å²) < 4.78 is 5.36. The Morgan fingerprint density at radius 3 is 2.60 bits per heavy atom. The lowest BCUT2D eigenvalue weighted by molar-refractivity contribution is -0.136. The first-order valence-corrected chi connectivity index (χ1v) is 13.5. The average molecular weight is 482 g/mol. The summed E-state index contributed by atoms with van der Waals surface area (Å²) in [6.07, 6.45) is 11.8. The van der Waals surface area contributed by atoms with E-state index in [0.717, 1.165) is 18.6 Å². The fraction of sp³-hybridized carbons (Fsp3) is 0.679. The highest BCUT2D eigenvalue weighted by molar-refractivity contribution is 6.05. The van der Waals surface area contributed by atoms with Gasteiger partial charge in [0.15, 0.2) is 0 Å². The van der Waals surface area contributed by atoms with E-state index < -0.39 is 6.04 Å². The molecule has 1 saturated heterocycles. The smallest absolute Gasteiger partial charge is 0.255 e. The highest BCUT2D eigenvalue weighted by atomic mass is 16.5. The zero-order valence-corrected chi connectivity index (χ0v) is 20.9. The van der Waals surface area contributed by atoms with Crippen LogP contribution < -0.4 is 10.6 Å². The van der Waals surface area contributed by atoms with E-state index in [0.29, 0.717) is 42.4 Å². The molecule has 2 aliphatic heterocycles. The Kier molecular flexibility index (Phi) is 7.54. The summed E-state index contributed by atoms with van der Waals surface area (Å²) >= 11 is 0. The summed E-state index contributed by atoms with van der Waals surface area (Å²) in [5, 5.41) is 6.41. The summed E-state index contributed by atoms with van der Waals surface area (Å²) in [4.78, 5) is 38.5. The second-order valence-corrected chi connectivity index (χ2v) is 11.1. The van der Waals surface area contributed by atoms with Crippen molar-refractivity contribution in [2.24, 2.45) is 11.8 Å². The van der Waals surface area contributed by atoms with E-state index in [-0.39, 0.29) is 24.1 Å². The summed E-state index contributed by atoms with van der Waals surface area (Å²) in [6.45, 7) is 1.34. The van der Waals surface area contributed by atoms with Crippen molar-refractivity contribution in [2.45, 2.75) is 95.3 Å². The standard InChI is InChI=1S/C28H39N3O4/c1-35-17-18-6-9-22(10-7-18)29-24-5-3-2-4-20(24)14-19-8-11-23-21(15-19)16-31(28(23)34)25-12-13-26(32)30-27(25)33/h8,11,15,18,20,22,24-25,29H,2-7,9-10,12-14,16-17H2,1H3,(H,30,32,33)/t18?,20-,22?,24+,25?/m1/s1. The van der Waals surface area contributed by atoms with Gasteiger partial charge in [0.2, 0.25) is 11.8 Å². The van der Waals surface area contributed by atoms with Gasteiger partial charge in [0, 0.05) is 44.3 Å². The highest BCUT2D eigenvalue weighted by Gasteiger charge is 2.39. The van der Waals surface area contributed by atoms with Crippen molar-refractivity contribution < 1.29 is 19.1 Å². The van der Waals surface area contributed by atoms with Gasteiger partial charge in [0.25, 0.3) is 5.91 Å². The van der Waals surface area contributed by atoms with Gasteiger partial charge in [-0.3, -0.25) is 19.7 Å². The maximum atomic E-state index is 13.0. The molecule has 1 aromatic carbocycles. The normalized spacial score (nSPS) is 31.4. The average Bonchev–Trinajstić information content (AvgIpc) is 3.17. The van der Waals surface area contributed by atoms with E-state index in [1.165, 1.54) is 56.9 Å². The van der Waals surface area contributed by atoms with E-state index in [4.69, 9.17) is 4.74 Å². The summed E-state index contributed by atoms with van der Waals surface area (Å²) in [5.41, 5.74) is 2.99. The Morgan fingerprint density at radius 1 is 1.03 bits per heavy atom. The Morgan fingerprint density at radius 2 is 1.83 bits per heavy atom. The number of hydrogen-bond acceptors (Lipinski definition) is 5. The van der Waals surface area contributed by atoms with Crippen LogP contribution in [0.15, 0.2) is 18.2 Å². The maximum Gasteiger partial charge on any atom is 0.255 e. The molecule has 2 aliphatic carbocycles. The fourth-order valence-electron chi connectivity index (χ4n) is 6.76. The number of methoxy groups -OCH3 is 1. The van der Waals surface area contributed by atoms with E-state index >= 15 is 0 Å². The number of fused-ring (bicyclic) bond motifs is 1. The summed E-state index contributed by atoms with van der Waals surface area (Å²) in [6, 6.07) is 6.85. The van der Waals surface area contributed by atoms with Gasteiger partial charge in [0.1, 0.15) is 6.04 Å². The summed E-state index contributed by atoms with van der Waals surface area (Å²) in [7, 11) is 1.80. The quantitative estimate of drug-likeness (QED) is 0.583. The molecule has 7 nitrogen and oxygen atoms in total. The molecule has 1 unspecified atom stereocenters. The number of piperidine rings is 1. The molecular weight excluding hydrogens is 442 g/mol. The highest BCUT2D eigenvalue weighted by Crippen LogP contribution is 2.33. The molecule has 190 valence electrons. The van der Waals surface area contributed by atoms with Gasteiger partial charge in [-0.2, -0.15) is 0 Å². The Bertz CT molecular complexity index is 956. The van der Waals surface area contributed by atoms with Crippen molar-refractivity contribution in [3.63, 3.8) is 0 Å². The fourth-order valence-corrected chi connectivity index (χ4v) is 6.76. The number of imide groups is 1. The molecule has 5 rings (SSSR count). The Balaban J connectivity index is 1.21. The number of carbonyl (C=O) groups is 3. The molecule has 3 fully saturated rings. The minimum atomic E-state index is -0.554. The van der Waals surface area contributed by atoms with Crippen molar-refractivity contribution >= 4 is 17.7 Å². The molecule has 3 atom stereocenters. The van der Waals surface area contributed by atoms with Crippen LogP contribution in [0.1, 0.15) is 85.7 Å². The van der Waals surface area contributed by atoms with Crippen molar-refractivity contribution in [3.8, 4) is 0 Å². The molecule has 0 spiro atoms. The van der Waals surface area contributed by atoms with Gasteiger partial charge in [-0.05, 0) is 80.4 Å². The van der Waals surface area contributed by atoms with Gasteiger partial charge in [0.05, 0.1) is 0 Å². The lowest BCUT2D eigenvalue weighted by Gasteiger charge is -2.38. The van der Waals surface area contributed by atoms with Crippen LogP contribution in [0.4, 0.5) is 0 Å². The SMILES string of the molecule is COCC1CCC(N[C@H]2CCCC[C@@H]2Cc2ccc3c(c2)CN(C2CCC(=O)NC2=O)C3=O)CC1. The second-order valence-electron chi connectivity index (χ2n) is 11.1. The molecule has 3 amide bonds. The summed E-state index contributed by atoms with van der Waals surface area (Å²) in [5.74, 6) is 0.629. The minimum absolute atomic E-state index is 0.0951. The third-order valence-electron chi connectivity index (χ3n) is 8.69. The molecule has 2 saturated carbocycles. The van der Waals surface area contributed by atoms with Gasteiger partial charge in [-0.15, -0.1) is 0 Å². The molecule has 2 heterocycles. The molecule has 1 aromatic rings. The second kappa shape index (κ2) is 10.8. The monoisotopic (exact) mass is 481 g/mol. The number of nitrogens with one attached hydrogen (secondary N) is 2. The van der Waals surface area contributed by atoms with Crippen LogP contribution in [0.3, 0.4) is 0 Å². The van der Waals surface area contributed by atoms with Crippen LogP contribution in [0.5, 0.6) is 0 Å². The number of carbonyl (C=O) groups excluding carboxylic acids is 3. The first-order chi connectivity index (χ1) is 17.0. The number of nitrogens with zero attached hydrogens (tertiary/aromatic N) is 1. The van der Waals surface area contributed by atoms with Crippen LogP contribution in [0.2, 0.25) is 0 Å². The first kappa shape index (κ1) is 24.4. The number of ether oxygens (including phenoxy) is 1. The number of rotatable bonds is 7.